The Bertz CT molecular complexity index is 537. The third-order valence-corrected chi connectivity index (χ3v) is 5.00. The Kier molecular flexibility index (Phi) is 5.27. The van der Waals surface area contributed by atoms with E-state index in [1.54, 1.807) is 0 Å². The topological polar surface area (TPSA) is 63.4 Å². The van der Waals surface area contributed by atoms with E-state index < -0.39 is 20.7 Å². The van der Waals surface area contributed by atoms with Gasteiger partial charge in [-0.15, -0.1) is 0 Å². The molecule has 0 spiro atoms. The Morgan fingerprint density at radius 2 is 2.11 bits per heavy atom. The average molecular weight is 313 g/mol. The molecular formula is C10H14ClFN2O2S2. The number of nitrogen functional groups attached to an aromatic ring is 1. The lowest BCUT2D eigenvalue weighted by atomic mass is 10.3. The molecule has 1 aromatic carbocycles. The molecule has 18 heavy (non-hydrogen) atoms. The van der Waals surface area contributed by atoms with E-state index in [0.717, 1.165) is 10.4 Å². The molecule has 0 fully saturated rings. The van der Waals surface area contributed by atoms with Gasteiger partial charge in [0.25, 0.3) is 0 Å². The minimum atomic E-state index is -3.91. The SMILES string of the molecule is CSCCN(C)S(=O)(=O)c1cc(Cl)cc(N)c1F. The Morgan fingerprint density at radius 1 is 1.50 bits per heavy atom. The van der Waals surface area contributed by atoms with Gasteiger partial charge in [0.1, 0.15) is 4.90 Å². The fourth-order valence-corrected chi connectivity index (χ4v) is 3.43. The molecule has 8 heteroatoms. The number of nitrogens with two attached hydrogens (primary N) is 1. The van der Waals surface area contributed by atoms with Crippen LogP contribution in [0.2, 0.25) is 5.02 Å². The summed E-state index contributed by atoms with van der Waals surface area (Å²) in [6.07, 6.45) is 1.86. The second-order valence-electron chi connectivity index (χ2n) is 3.63. The molecule has 102 valence electrons. The van der Waals surface area contributed by atoms with Crippen molar-refractivity contribution in [1.29, 1.82) is 0 Å². The molecule has 1 aromatic rings. The summed E-state index contributed by atoms with van der Waals surface area (Å²) >= 11 is 7.20. The molecule has 0 amide bonds. The van der Waals surface area contributed by atoms with E-state index in [1.165, 1.54) is 24.9 Å². The van der Waals surface area contributed by atoms with Gasteiger partial charge in [-0.2, -0.15) is 11.8 Å². The van der Waals surface area contributed by atoms with Gasteiger partial charge < -0.3 is 5.73 Å². The summed E-state index contributed by atoms with van der Waals surface area (Å²) in [5.41, 5.74) is 5.09. The molecule has 0 bridgehead atoms. The summed E-state index contributed by atoms with van der Waals surface area (Å²) in [7, 11) is -2.52. The van der Waals surface area contributed by atoms with Crippen LogP contribution in [-0.2, 0) is 10.0 Å². The van der Waals surface area contributed by atoms with Gasteiger partial charge in [0.2, 0.25) is 10.0 Å². The Labute approximate surface area is 115 Å². The van der Waals surface area contributed by atoms with Gasteiger partial charge in [-0.05, 0) is 18.4 Å². The van der Waals surface area contributed by atoms with Gasteiger partial charge in [-0.3, -0.25) is 0 Å². The van der Waals surface area contributed by atoms with E-state index in [-0.39, 0.29) is 17.3 Å². The zero-order valence-electron chi connectivity index (χ0n) is 9.98. The molecule has 1 rings (SSSR count). The standard InChI is InChI=1S/C10H14ClFN2O2S2/c1-14(3-4-17-2)18(15,16)9-6-7(11)5-8(13)10(9)12/h5-6H,3-4,13H2,1-2H3. The maximum absolute atomic E-state index is 13.8. The number of anilines is 1. The molecule has 0 saturated carbocycles. The second kappa shape index (κ2) is 6.10. The van der Waals surface area contributed by atoms with Crippen LogP contribution < -0.4 is 5.73 Å². The minimum absolute atomic E-state index is 0.0886. The lowest BCUT2D eigenvalue weighted by Crippen LogP contribution is -2.30. The molecule has 0 saturated heterocycles. The third-order valence-electron chi connectivity index (χ3n) is 2.33. The molecule has 0 unspecified atom stereocenters. The number of benzene rings is 1. The van der Waals surface area contributed by atoms with E-state index in [9.17, 15) is 12.8 Å². The third kappa shape index (κ3) is 3.28. The highest BCUT2D eigenvalue weighted by Gasteiger charge is 2.26. The van der Waals surface area contributed by atoms with Crippen molar-refractivity contribution in [3.63, 3.8) is 0 Å². The smallest absolute Gasteiger partial charge is 0.245 e. The quantitative estimate of drug-likeness (QED) is 0.845. The van der Waals surface area contributed by atoms with E-state index >= 15 is 0 Å². The van der Waals surface area contributed by atoms with Crippen molar-refractivity contribution in [3.05, 3.63) is 23.0 Å². The molecule has 0 aliphatic rings. The molecular weight excluding hydrogens is 299 g/mol. The highest BCUT2D eigenvalue weighted by atomic mass is 35.5. The van der Waals surface area contributed by atoms with Crippen molar-refractivity contribution >= 4 is 39.1 Å². The summed E-state index contributed by atoms with van der Waals surface area (Å²) in [5.74, 6) is -0.344. The lowest BCUT2D eigenvalue weighted by Gasteiger charge is -2.17. The molecule has 0 atom stereocenters. The normalized spacial score (nSPS) is 12.1. The number of hydrogen-bond donors (Lipinski definition) is 1. The van der Waals surface area contributed by atoms with Crippen molar-refractivity contribution in [2.45, 2.75) is 4.90 Å². The maximum Gasteiger partial charge on any atom is 0.245 e. The molecule has 0 aromatic heterocycles. The van der Waals surface area contributed by atoms with Gasteiger partial charge in [0, 0.05) is 24.4 Å². The van der Waals surface area contributed by atoms with Crippen LogP contribution in [0.3, 0.4) is 0 Å². The van der Waals surface area contributed by atoms with Gasteiger partial charge in [0.05, 0.1) is 5.69 Å². The highest BCUT2D eigenvalue weighted by Crippen LogP contribution is 2.27. The summed E-state index contributed by atoms with van der Waals surface area (Å²) < 4.78 is 39.1. The van der Waals surface area contributed by atoms with Crippen molar-refractivity contribution in [1.82, 2.24) is 4.31 Å². The predicted octanol–water partition coefficient (Wildman–Crippen LogP) is 2.04. The number of sulfonamides is 1. The molecule has 2 N–H and O–H groups in total. The van der Waals surface area contributed by atoms with Crippen molar-refractivity contribution < 1.29 is 12.8 Å². The van der Waals surface area contributed by atoms with Crippen LogP contribution in [0.25, 0.3) is 0 Å². The Balaban J connectivity index is 3.20. The van der Waals surface area contributed by atoms with E-state index in [4.69, 9.17) is 17.3 Å². The van der Waals surface area contributed by atoms with Gasteiger partial charge in [-0.25, -0.2) is 17.1 Å². The average Bonchev–Trinajstić information content (AvgIpc) is 2.30. The van der Waals surface area contributed by atoms with E-state index in [0.29, 0.717) is 5.75 Å². The number of nitrogens with zero attached hydrogens (tertiary/aromatic N) is 1. The summed E-state index contributed by atoms with van der Waals surface area (Å²) in [6.45, 7) is 0.287. The molecule has 0 heterocycles. The first-order valence-corrected chi connectivity index (χ1v) is 8.21. The maximum atomic E-state index is 13.8. The number of rotatable bonds is 5. The van der Waals surface area contributed by atoms with Crippen molar-refractivity contribution in [2.24, 2.45) is 0 Å². The van der Waals surface area contributed by atoms with Crippen LogP contribution in [0, 0.1) is 5.82 Å². The molecule has 0 aliphatic carbocycles. The van der Waals surface area contributed by atoms with Crippen molar-refractivity contribution in [3.8, 4) is 0 Å². The number of halogens is 2. The summed E-state index contributed by atoms with van der Waals surface area (Å²) in [5, 5.41) is 0.0886. The van der Waals surface area contributed by atoms with E-state index in [2.05, 4.69) is 0 Å². The highest BCUT2D eigenvalue weighted by molar-refractivity contribution is 7.98. The van der Waals surface area contributed by atoms with Crippen LogP contribution >= 0.6 is 23.4 Å². The number of hydrogen-bond acceptors (Lipinski definition) is 4. The number of thioether (sulfide) groups is 1. The summed E-state index contributed by atoms with van der Waals surface area (Å²) in [6, 6.07) is 2.25. The van der Waals surface area contributed by atoms with Crippen LogP contribution in [0.5, 0.6) is 0 Å². The van der Waals surface area contributed by atoms with Crippen LogP contribution in [0.15, 0.2) is 17.0 Å². The summed E-state index contributed by atoms with van der Waals surface area (Å²) in [4.78, 5) is -0.490. The first-order valence-electron chi connectivity index (χ1n) is 5.00. The Hall–Kier alpha value is -0.500. The zero-order valence-corrected chi connectivity index (χ0v) is 12.4. The predicted molar refractivity (Wildman–Crippen MR) is 74.0 cm³/mol. The van der Waals surface area contributed by atoms with Crippen LogP contribution in [0.1, 0.15) is 0 Å². The van der Waals surface area contributed by atoms with Gasteiger partial charge in [-0.1, -0.05) is 11.6 Å². The van der Waals surface area contributed by atoms with Gasteiger partial charge in [0.15, 0.2) is 5.82 Å². The van der Waals surface area contributed by atoms with Crippen LogP contribution in [0.4, 0.5) is 10.1 Å². The zero-order chi connectivity index (χ0) is 13.9. The fourth-order valence-electron chi connectivity index (χ4n) is 1.28. The van der Waals surface area contributed by atoms with E-state index in [1.807, 2.05) is 6.26 Å². The molecule has 0 aliphatic heterocycles. The monoisotopic (exact) mass is 312 g/mol. The Morgan fingerprint density at radius 3 is 2.67 bits per heavy atom. The molecule has 4 nitrogen and oxygen atoms in total. The van der Waals surface area contributed by atoms with Gasteiger partial charge >= 0.3 is 0 Å². The second-order valence-corrected chi connectivity index (χ2v) is 7.06. The molecule has 0 radical (unpaired) electrons. The van der Waals surface area contributed by atoms with Crippen molar-refractivity contribution in [2.75, 3.05) is 31.3 Å². The first-order chi connectivity index (χ1) is 8.30. The first kappa shape index (κ1) is 15.6. The van der Waals surface area contributed by atoms with Crippen LogP contribution in [-0.4, -0.2) is 38.3 Å². The minimum Gasteiger partial charge on any atom is -0.396 e. The fraction of sp³-hybridized carbons (Fsp3) is 0.400. The lowest BCUT2D eigenvalue weighted by molar-refractivity contribution is 0.480. The largest absolute Gasteiger partial charge is 0.396 e.